The monoisotopic (exact) mass is 527 g/mol. The number of likely N-dealkylation sites (N-methyl/N-ethyl adjacent to an activating group) is 1. The zero-order valence-corrected chi connectivity index (χ0v) is 22.4. The summed E-state index contributed by atoms with van der Waals surface area (Å²) in [7, 11) is -3.78. The lowest BCUT2D eigenvalue weighted by molar-refractivity contribution is -0.140. The molecule has 0 bridgehead atoms. The van der Waals surface area contributed by atoms with Crippen LogP contribution >= 0.6 is 23.2 Å². The fourth-order valence-electron chi connectivity index (χ4n) is 3.73. The van der Waals surface area contributed by atoms with Crippen molar-refractivity contribution in [2.24, 2.45) is 0 Å². The van der Waals surface area contributed by atoms with E-state index >= 15 is 0 Å². The number of amides is 2. The van der Waals surface area contributed by atoms with Gasteiger partial charge in [0.1, 0.15) is 12.6 Å². The van der Waals surface area contributed by atoms with E-state index in [1.807, 2.05) is 13.0 Å². The first kappa shape index (κ1) is 28.0. The molecule has 0 spiro atoms. The molecule has 1 atom stereocenters. The van der Waals surface area contributed by atoms with E-state index in [1.165, 1.54) is 4.90 Å². The van der Waals surface area contributed by atoms with E-state index < -0.39 is 28.5 Å². The molecule has 0 aliphatic rings. The highest BCUT2D eigenvalue weighted by molar-refractivity contribution is 7.92. The molecule has 1 N–H and O–H groups in total. The van der Waals surface area contributed by atoms with Gasteiger partial charge in [0.15, 0.2) is 0 Å². The number of carbonyl (C=O) groups is 2. The fourth-order valence-corrected chi connectivity index (χ4v) is 4.95. The molecule has 1 unspecified atom stereocenters. The normalized spacial score (nSPS) is 12.2. The number of carbonyl (C=O) groups excluding carboxylic acids is 2. The summed E-state index contributed by atoms with van der Waals surface area (Å²) in [6, 6.07) is 9.51. The summed E-state index contributed by atoms with van der Waals surface area (Å²) >= 11 is 12.2. The van der Waals surface area contributed by atoms with E-state index in [-0.39, 0.29) is 12.5 Å². The Morgan fingerprint density at radius 3 is 2.24 bits per heavy atom. The van der Waals surface area contributed by atoms with Gasteiger partial charge in [0.2, 0.25) is 21.8 Å². The zero-order chi connectivity index (χ0) is 25.6. The molecule has 0 aliphatic carbocycles. The molecule has 2 aromatic rings. The maximum absolute atomic E-state index is 13.6. The number of aryl methyl sites for hydroxylation is 2. The molecule has 0 saturated heterocycles. The van der Waals surface area contributed by atoms with Gasteiger partial charge in [-0.15, -0.1) is 0 Å². The van der Waals surface area contributed by atoms with E-state index in [1.54, 1.807) is 51.1 Å². The van der Waals surface area contributed by atoms with Gasteiger partial charge in [-0.2, -0.15) is 0 Å². The van der Waals surface area contributed by atoms with Crippen LogP contribution < -0.4 is 9.62 Å². The maximum Gasteiger partial charge on any atom is 0.244 e. The summed E-state index contributed by atoms with van der Waals surface area (Å²) in [4.78, 5) is 27.8. The van der Waals surface area contributed by atoms with Gasteiger partial charge in [-0.3, -0.25) is 13.9 Å². The minimum atomic E-state index is -3.78. The summed E-state index contributed by atoms with van der Waals surface area (Å²) in [5, 5.41) is 3.45. The van der Waals surface area contributed by atoms with Gasteiger partial charge >= 0.3 is 0 Å². The number of halogens is 2. The summed E-state index contributed by atoms with van der Waals surface area (Å²) in [5.41, 5.74) is 2.79. The van der Waals surface area contributed by atoms with Gasteiger partial charge in [-0.1, -0.05) is 53.9 Å². The molecule has 7 nitrogen and oxygen atoms in total. The lowest BCUT2D eigenvalue weighted by Gasteiger charge is -2.33. The lowest BCUT2D eigenvalue weighted by atomic mass is 10.1. The van der Waals surface area contributed by atoms with E-state index in [0.29, 0.717) is 34.3 Å². The number of nitrogens with zero attached hydrogens (tertiary/aromatic N) is 2. The van der Waals surface area contributed by atoms with Gasteiger partial charge in [-0.25, -0.2) is 8.42 Å². The van der Waals surface area contributed by atoms with Crippen LogP contribution in [0.5, 0.6) is 0 Å². The Morgan fingerprint density at radius 2 is 1.71 bits per heavy atom. The third kappa shape index (κ3) is 7.10. The number of benzene rings is 2. The Kier molecular flexibility index (Phi) is 9.79. The van der Waals surface area contributed by atoms with Gasteiger partial charge in [0, 0.05) is 13.1 Å². The molecule has 0 heterocycles. The molecule has 0 fully saturated rings. The average Bonchev–Trinajstić information content (AvgIpc) is 2.74. The lowest BCUT2D eigenvalue weighted by Crippen LogP contribution is -2.52. The molecule has 0 saturated carbocycles. The molecule has 0 aromatic heterocycles. The molecule has 0 aliphatic heterocycles. The summed E-state index contributed by atoms with van der Waals surface area (Å²) in [6.45, 7) is 7.32. The quantitative estimate of drug-likeness (QED) is 0.498. The first-order chi connectivity index (χ1) is 15.9. The first-order valence-electron chi connectivity index (χ1n) is 10.9. The number of nitrogens with one attached hydrogen (secondary N) is 1. The molecule has 10 heteroatoms. The number of sulfonamides is 1. The van der Waals surface area contributed by atoms with Crippen molar-refractivity contribution in [3.8, 4) is 0 Å². The van der Waals surface area contributed by atoms with E-state index in [9.17, 15) is 18.0 Å². The predicted octanol–water partition coefficient (Wildman–Crippen LogP) is 4.32. The van der Waals surface area contributed by atoms with Crippen molar-refractivity contribution in [1.82, 2.24) is 10.2 Å². The van der Waals surface area contributed by atoms with Crippen molar-refractivity contribution in [1.29, 1.82) is 0 Å². The van der Waals surface area contributed by atoms with Crippen LogP contribution in [0.25, 0.3) is 0 Å². The summed E-state index contributed by atoms with van der Waals surface area (Å²) < 4.78 is 26.5. The average molecular weight is 529 g/mol. The third-order valence-corrected chi connectivity index (χ3v) is 7.24. The van der Waals surface area contributed by atoms with E-state index in [0.717, 1.165) is 21.7 Å². The van der Waals surface area contributed by atoms with Gasteiger partial charge in [0.25, 0.3) is 0 Å². The Morgan fingerprint density at radius 1 is 1.03 bits per heavy atom. The highest BCUT2D eigenvalue weighted by Gasteiger charge is 2.32. The number of rotatable bonds is 10. The van der Waals surface area contributed by atoms with Crippen LogP contribution in [0.2, 0.25) is 10.0 Å². The largest absolute Gasteiger partial charge is 0.355 e. The molecule has 34 heavy (non-hydrogen) atoms. The molecule has 186 valence electrons. The molecule has 2 amide bonds. The van der Waals surface area contributed by atoms with Crippen LogP contribution in [-0.4, -0.2) is 50.5 Å². The highest BCUT2D eigenvalue weighted by Crippen LogP contribution is 2.26. The van der Waals surface area contributed by atoms with Gasteiger partial charge in [-0.05, 0) is 56.5 Å². The zero-order valence-electron chi connectivity index (χ0n) is 20.1. The Labute approximate surface area is 212 Å². The molecule has 2 aromatic carbocycles. The second-order valence-corrected chi connectivity index (χ2v) is 10.9. The topological polar surface area (TPSA) is 86.8 Å². The number of anilines is 1. The summed E-state index contributed by atoms with van der Waals surface area (Å²) in [5.74, 6) is -0.814. The van der Waals surface area contributed by atoms with Crippen molar-refractivity contribution in [3.05, 3.63) is 63.1 Å². The minimum absolute atomic E-state index is 0.0653. The van der Waals surface area contributed by atoms with Crippen LogP contribution in [0, 0.1) is 13.8 Å². The van der Waals surface area contributed by atoms with Crippen LogP contribution in [0.4, 0.5) is 5.69 Å². The minimum Gasteiger partial charge on any atom is -0.355 e. The van der Waals surface area contributed by atoms with Crippen LogP contribution in [0.1, 0.15) is 37.0 Å². The highest BCUT2D eigenvalue weighted by atomic mass is 35.5. The van der Waals surface area contributed by atoms with Crippen LogP contribution in [-0.2, 0) is 26.2 Å². The Hall–Kier alpha value is -2.29. The number of hydrogen-bond acceptors (Lipinski definition) is 4. The second-order valence-electron chi connectivity index (χ2n) is 8.15. The maximum atomic E-state index is 13.6. The smallest absolute Gasteiger partial charge is 0.244 e. The molecular formula is C24H31Cl2N3O4S. The van der Waals surface area contributed by atoms with Crippen molar-refractivity contribution >= 4 is 50.7 Å². The Balaban J connectivity index is 2.48. The van der Waals surface area contributed by atoms with E-state index in [2.05, 4.69) is 5.32 Å². The summed E-state index contributed by atoms with van der Waals surface area (Å²) in [6.07, 6.45) is 1.41. The second kappa shape index (κ2) is 11.9. The van der Waals surface area contributed by atoms with Crippen molar-refractivity contribution in [3.63, 3.8) is 0 Å². The van der Waals surface area contributed by atoms with Gasteiger partial charge < -0.3 is 10.2 Å². The fraction of sp³-hybridized carbons (Fsp3) is 0.417. The van der Waals surface area contributed by atoms with Crippen molar-refractivity contribution in [2.45, 2.75) is 46.7 Å². The molecular weight excluding hydrogens is 497 g/mol. The van der Waals surface area contributed by atoms with E-state index in [4.69, 9.17) is 23.2 Å². The van der Waals surface area contributed by atoms with Crippen LogP contribution in [0.15, 0.2) is 36.4 Å². The standard InChI is InChI=1S/C24H31Cl2N3O4S/c1-6-21(24(31)27-7-2)28(14-18-9-10-19(25)20(26)13-18)23(30)15-29(34(5,32)33)22-11-8-16(3)12-17(22)4/h8-13,21H,6-7,14-15H2,1-5H3,(H,27,31). The van der Waals surface area contributed by atoms with Gasteiger partial charge in [0.05, 0.1) is 22.0 Å². The molecule has 0 radical (unpaired) electrons. The predicted molar refractivity (Wildman–Crippen MR) is 138 cm³/mol. The van der Waals surface area contributed by atoms with Crippen molar-refractivity contribution in [2.75, 3.05) is 23.7 Å². The van der Waals surface area contributed by atoms with Crippen molar-refractivity contribution < 1.29 is 18.0 Å². The third-order valence-electron chi connectivity index (χ3n) is 5.37. The number of hydrogen-bond donors (Lipinski definition) is 1. The Bertz CT molecular complexity index is 1150. The van der Waals surface area contributed by atoms with Crippen LogP contribution in [0.3, 0.4) is 0 Å². The SMILES string of the molecule is CCNC(=O)C(CC)N(Cc1ccc(Cl)c(Cl)c1)C(=O)CN(c1ccc(C)cc1C)S(C)(=O)=O. The first-order valence-corrected chi connectivity index (χ1v) is 13.6. The molecule has 2 rings (SSSR count).